The molecular weight excluding hydrogens is 437 g/mol. The molecule has 3 N–H and O–H groups in total. The van der Waals surface area contributed by atoms with Gasteiger partial charge in [0.1, 0.15) is 0 Å². The van der Waals surface area contributed by atoms with E-state index in [0.717, 1.165) is 28.5 Å². The van der Waals surface area contributed by atoms with Gasteiger partial charge in [-0.2, -0.15) is 13.2 Å². The largest absolute Gasteiger partial charge is 0.465 e. The molecule has 10 heteroatoms. The van der Waals surface area contributed by atoms with Crippen molar-refractivity contribution in [3.05, 3.63) is 78.1 Å². The smallest absolute Gasteiger partial charge is 0.416 e. The van der Waals surface area contributed by atoms with E-state index < -0.39 is 29.9 Å². The number of anilines is 1. The fourth-order valence-electron chi connectivity index (χ4n) is 3.53. The molecule has 0 saturated carbocycles. The van der Waals surface area contributed by atoms with Crippen molar-refractivity contribution < 1.29 is 27.6 Å². The predicted molar refractivity (Wildman–Crippen MR) is 116 cm³/mol. The first kappa shape index (κ1) is 22.1. The van der Waals surface area contributed by atoms with Crippen molar-refractivity contribution in [2.75, 3.05) is 5.32 Å². The molecule has 2 aromatic carbocycles. The molecule has 1 amide bonds. The minimum atomic E-state index is -4.47. The summed E-state index contributed by atoms with van der Waals surface area (Å²) in [6.45, 7) is 1.60. The van der Waals surface area contributed by atoms with Crippen LogP contribution in [-0.2, 0) is 6.18 Å². The molecule has 0 radical (unpaired) electrons. The Labute approximate surface area is 186 Å². The highest BCUT2D eigenvalue weighted by Gasteiger charge is 2.31. The van der Waals surface area contributed by atoms with Crippen LogP contribution in [0.1, 0.15) is 24.1 Å². The predicted octanol–water partition coefficient (Wildman–Crippen LogP) is 5.72. The molecule has 0 aliphatic carbocycles. The molecule has 0 fully saturated rings. The van der Waals surface area contributed by atoms with E-state index in [1.807, 2.05) is 24.3 Å². The van der Waals surface area contributed by atoms with Gasteiger partial charge in [0.05, 0.1) is 17.6 Å². The number of hydrogen-bond donors (Lipinski definition) is 3. The van der Waals surface area contributed by atoms with E-state index in [1.165, 1.54) is 12.1 Å². The Bertz CT molecular complexity index is 1270. The van der Waals surface area contributed by atoms with Crippen LogP contribution in [0.15, 0.2) is 71.5 Å². The summed E-state index contributed by atoms with van der Waals surface area (Å²) in [4.78, 5) is 15.2. The van der Waals surface area contributed by atoms with E-state index in [4.69, 9.17) is 9.63 Å². The molecule has 0 aliphatic heterocycles. The van der Waals surface area contributed by atoms with Crippen molar-refractivity contribution >= 4 is 22.7 Å². The molecule has 2 heterocycles. The number of nitrogens with one attached hydrogen (secondary N) is 2. The van der Waals surface area contributed by atoms with Crippen LogP contribution in [0.25, 0.3) is 22.1 Å². The van der Waals surface area contributed by atoms with Crippen molar-refractivity contribution in [1.82, 2.24) is 15.5 Å². The SMILES string of the molecule is CC(NC(=O)O)[C@H](Nc1cc(-c2ccc3cnccc3c2)on1)c1ccc(C(F)(F)F)cc1. The number of alkyl halides is 3. The van der Waals surface area contributed by atoms with Gasteiger partial charge >= 0.3 is 12.3 Å². The van der Waals surface area contributed by atoms with E-state index in [2.05, 4.69) is 20.8 Å². The molecule has 0 saturated heterocycles. The summed E-state index contributed by atoms with van der Waals surface area (Å²) in [6.07, 6.45) is -2.29. The first-order chi connectivity index (χ1) is 15.7. The number of nitrogens with zero attached hydrogens (tertiary/aromatic N) is 2. The zero-order valence-electron chi connectivity index (χ0n) is 17.3. The molecule has 170 valence electrons. The monoisotopic (exact) mass is 456 g/mol. The molecule has 2 atom stereocenters. The molecule has 0 aliphatic rings. The Kier molecular flexibility index (Phi) is 5.91. The van der Waals surface area contributed by atoms with Gasteiger partial charge in [0.25, 0.3) is 0 Å². The summed E-state index contributed by atoms with van der Waals surface area (Å²) in [5, 5.41) is 20.4. The van der Waals surface area contributed by atoms with E-state index >= 15 is 0 Å². The van der Waals surface area contributed by atoms with Crippen molar-refractivity contribution in [3.8, 4) is 11.3 Å². The Balaban J connectivity index is 1.61. The van der Waals surface area contributed by atoms with Gasteiger partial charge in [-0.3, -0.25) is 4.98 Å². The summed E-state index contributed by atoms with van der Waals surface area (Å²) in [5.41, 5.74) is 0.433. The molecule has 33 heavy (non-hydrogen) atoms. The van der Waals surface area contributed by atoms with Crippen LogP contribution in [-0.4, -0.2) is 27.4 Å². The lowest BCUT2D eigenvalue weighted by molar-refractivity contribution is -0.137. The number of fused-ring (bicyclic) bond motifs is 1. The van der Waals surface area contributed by atoms with Crippen LogP contribution >= 0.6 is 0 Å². The van der Waals surface area contributed by atoms with Crippen molar-refractivity contribution in [1.29, 1.82) is 0 Å². The molecule has 2 aromatic heterocycles. The Hall–Kier alpha value is -4.08. The summed E-state index contributed by atoms with van der Waals surface area (Å²) in [6, 6.07) is 12.3. The van der Waals surface area contributed by atoms with Gasteiger partial charge in [0, 0.05) is 29.4 Å². The maximum atomic E-state index is 12.9. The van der Waals surface area contributed by atoms with Gasteiger partial charge in [0.2, 0.25) is 0 Å². The number of pyridine rings is 1. The molecule has 0 spiro atoms. The highest BCUT2D eigenvalue weighted by molar-refractivity contribution is 5.86. The summed E-state index contributed by atoms with van der Waals surface area (Å²) in [5.74, 6) is 0.782. The van der Waals surface area contributed by atoms with Gasteiger partial charge in [-0.1, -0.05) is 29.4 Å². The molecule has 7 nitrogen and oxygen atoms in total. The quantitative estimate of drug-likeness (QED) is 0.343. The second-order valence-electron chi connectivity index (χ2n) is 7.49. The van der Waals surface area contributed by atoms with Gasteiger partial charge in [-0.25, -0.2) is 4.79 Å². The van der Waals surface area contributed by atoms with Gasteiger partial charge in [0.15, 0.2) is 11.6 Å². The minimum absolute atomic E-state index is 0.309. The molecule has 0 bridgehead atoms. The topological polar surface area (TPSA) is 100 Å². The normalized spacial score (nSPS) is 13.5. The number of benzene rings is 2. The second kappa shape index (κ2) is 8.81. The second-order valence-corrected chi connectivity index (χ2v) is 7.49. The average molecular weight is 456 g/mol. The minimum Gasteiger partial charge on any atom is -0.465 e. The maximum absolute atomic E-state index is 12.9. The number of rotatable bonds is 6. The maximum Gasteiger partial charge on any atom is 0.416 e. The molecule has 4 aromatic rings. The first-order valence-corrected chi connectivity index (χ1v) is 9.95. The third-order valence-electron chi connectivity index (χ3n) is 5.19. The van der Waals surface area contributed by atoms with Crippen LogP contribution in [0.2, 0.25) is 0 Å². The summed E-state index contributed by atoms with van der Waals surface area (Å²) < 4.78 is 44.2. The van der Waals surface area contributed by atoms with E-state index in [1.54, 1.807) is 25.4 Å². The lowest BCUT2D eigenvalue weighted by Gasteiger charge is -2.25. The van der Waals surface area contributed by atoms with Gasteiger partial charge in [-0.15, -0.1) is 0 Å². The highest BCUT2D eigenvalue weighted by atomic mass is 19.4. The van der Waals surface area contributed by atoms with E-state index in [0.29, 0.717) is 17.1 Å². The molecule has 1 unspecified atom stereocenters. The highest BCUT2D eigenvalue weighted by Crippen LogP contribution is 2.32. The lowest BCUT2D eigenvalue weighted by atomic mass is 9.99. The van der Waals surface area contributed by atoms with Crippen LogP contribution in [0.4, 0.5) is 23.8 Å². The van der Waals surface area contributed by atoms with Crippen LogP contribution in [0, 0.1) is 0 Å². The zero-order chi connectivity index (χ0) is 23.6. The van der Waals surface area contributed by atoms with Gasteiger partial charge < -0.3 is 20.3 Å². The number of halogens is 3. The van der Waals surface area contributed by atoms with Crippen LogP contribution in [0.5, 0.6) is 0 Å². The van der Waals surface area contributed by atoms with Crippen LogP contribution < -0.4 is 10.6 Å². The number of carboxylic acid groups (broad SMARTS) is 1. The van der Waals surface area contributed by atoms with E-state index in [9.17, 15) is 18.0 Å². The third kappa shape index (κ3) is 5.05. The Morgan fingerprint density at radius 2 is 1.82 bits per heavy atom. The fourth-order valence-corrected chi connectivity index (χ4v) is 3.53. The van der Waals surface area contributed by atoms with Crippen molar-refractivity contribution in [3.63, 3.8) is 0 Å². The Morgan fingerprint density at radius 1 is 1.06 bits per heavy atom. The average Bonchev–Trinajstić information content (AvgIpc) is 3.25. The molecule has 4 rings (SSSR count). The number of aromatic nitrogens is 2. The number of carbonyl (C=O) groups is 1. The fraction of sp³-hybridized carbons (Fsp3) is 0.174. The number of amides is 1. The summed E-state index contributed by atoms with van der Waals surface area (Å²) in [7, 11) is 0. The number of hydrogen-bond acceptors (Lipinski definition) is 5. The first-order valence-electron chi connectivity index (χ1n) is 9.95. The zero-order valence-corrected chi connectivity index (χ0v) is 17.3. The third-order valence-corrected chi connectivity index (χ3v) is 5.19. The van der Waals surface area contributed by atoms with Gasteiger partial charge in [-0.05, 0) is 42.1 Å². The van der Waals surface area contributed by atoms with Crippen LogP contribution in [0.3, 0.4) is 0 Å². The van der Waals surface area contributed by atoms with E-state index in [-0.39, 0.29) is 0 Å². The van der Waals surface area contributed by atoms with Crippen molar-refractivity contribution in [2.24, 2.45) is 0 Å². The lowest BCUT2D eigenvalue weighted by Crippen LogP contribution is -2.39. The van der Waals surface area contributed by atoms with Crippen molar-refractivity contribution in [2.45, 2.75) is 25.2 Å². The summed E-state index contributed by atoms with van der Waals surface area (Å²) >= 11 is 0. The molecular formula is C23H19F3N4O3. The standard InChI is InChI=1S/C23H19F3N4O3/c1-13(28-22(31)32)21(14-4-6-18(7-5-14)23(24,25)26)29-20-11-19(33-30-20)16-2-3-17-12-27-9-8-15(17)10-16/h2-13,21,28H,1H3,(H,29,30)(H,31,32)/t13?,21-/m0/s1. The Morgan fingerprint density at radius 3 is 2.52 bits per heavy atom.